The van der Waals surface area contributed by atoms with Crippen molar-refractivity contribution in [2.45, 2.75) is 0 Å². The minimum atomic E-state index is -0.188. The van der Waals surface area contributed by atoms with Gasteiger partial charge in [-0.1, -0.05) is 0 Å². The van der Waals surface area contributed by atoms with Crippen molar-refractivity contribution in [1.29, 1.82) is 0 Å². The highest BCUT2D eigenvalue weighted by Crippen LogP contribution is 2.33. The van der Waals surface area contributed by atoms with E-state index in [0.29, 0.717) is 16.4 Å². The fourth-order valence-corrected chi connectivity index (χ4v) is 3.57. The van der Waals surface area contributed by atoms with Gasteiger partial charge in [0.2, 0.25) is 0 Å². The van der Waals surface area contributed by atoms with Gasteiger partial charge in [-0.3, -0.25) is 4.79 Å². The second kappa shape index (κ2) is 7.27. The molecule has 3 rings (SSSR count). The first-order valence-electron chi connectivity index (χ1n) is 7.79. The van der Waals surface area contributed by atoms with Crippen LogP contribution < -0.4 is 9.47 Å². The molecule has 128 valence electrons. The Hall–Kier alpha value is -1.99. The molecule has 0 radical (unpaired) electrons. The van der Waals surface area contributed by atoms with Crippen LogP contribution in [0.5, 0.6) is 11.5 Å². The monoisotopic (exact) mass is 347 g/mol. The molecule has 1 fully saturated rings. The summed E-state index contributed by atoms with van der Waals surface area (Å²) in [6.45, 7) is 3.77. The van der Waals surface area contributed by atoms with Crippen molar-refractivity contribution >= 4 is 28.9 Å². The lowest BCUT2D eigenvalue weighted by Gasteiger charge is -2.32. The highest BCUT2D eigenvalue weighted by atomic mass is 32.2. The van der Waals surface area contributed by atoms with Crippen molar-refractivity contribution in [2.24, 2.45) is 4.99 Å². The van der Waals surface area contributed by atoms with Gasteiger partial charge in [0.1, 0.15) is 11.5 Å². The summed E-state index contributed by atoms with van der Waals surface area (Å²) < 4.78 is 10.6. The van der Waals surface area contributed by atoms with Gasteiger partial charge in [-0.15, -0.1) is 0 Å². The van der Waals surface area contributed by atoms with E-state index in [2.05, 4.69) is 21.8 Å². The first kappa shape index (κ1) is 16.9. The molecule has 0 unspecified atom stereocenters. The van der Waals surface area contributed by atoms with Gasteiger partial charge in [0, 0.05) is 37.8 Å². The van der Waals surface area contributed by atoms with E-state index < -0.39 is 0 Å². The van der Waals surface area contributed by atoms with Gasteiger partial charge in [-0.25, -0.2) is 0 Å². The Morgan fingerprint density at radius 3 is 2.58 bits per heavy atom. The van der Waals surface area contributed by atoms with E-state index in [9.17, 15) is 4.79 Å². The van der Waals surface area contributed by atoms with Gasteiger partial charge in [0.25, 0.3) is 5.91 Å². The number of amides is 1. The molecule has 0 saturated carbocycles. The van der Waals surface area contributed by atoms with Crippen molar-refractivity contribution in [1.82, 2.24) is 9.80 Å². The van der Waals surface area contributed by atoms with Crippen LogP contribution in [0, 0.1) is 0 Å². The lowest BCUT2D eigenvalue weighted by atomic mass is 10.1. The Labute approximate surface area is 146 Å². The predicted octanol–water partition coefficient (Wildman–Crippen LogP) is 1.92. The molecule has 2 heterocycles. The van der Waals surface area contributed by atoms with E-state index >= 15 is 0 Å². The van der Waals surface area contributed by atoms with Gasteiger partial charge in [0.05, 0.1) is 19.1 Å². The van der Waals surface area contributed by atoms with Crippen molar-refractivity contribution in [2.75, 3.05) is 47.4 Å². The Kier molecular flexibility index (Phi) is 5.11. The molecule has 0 bridgehead atoms. The molecule has 0 aliphatic carbocycles. The quantitative estimate of drug-likeness (QED) is 0.779. The molecule has 1 amide bonds. The maximum atomic E-state index is 12.2. The zero-order chi connectivity index (χ0) is 17.1. The van der Waals surface area contributed by atoms with E-state index in [4.69, 9.17) is 9.47 Å². The lowest BCUT2D eigenvalue weighted by Crippen LogP contribution is -2.46. The number of carbonyl (C=O) groups is 1. The number of methoxy groups -OCH3 is 2. The second-order valence-electron chi connectivity index (χ2n) is 5.71. The molecule has 2 aliphatic heterocycles. The molecule has 0 spiro atoms. The number of hydrogen-bond acceptors (Lipinski definition) is 6. The highest BCUT2D eigenvalue weighted by molar-refractivity contribution is 8.18. The van der Waals surface area contributed by atoms with Crippen molar-refractivity contribution in [3.63, 3.8) is 0 Å². The zero-order valence-corrected chi connectivity index (χ0v) is 14.9. The van der Waals surface area contributed by atoms with Gasteiger partial charge in [-0.05, 0) is 37.0 Å². The summed E-state index contributed by atoms with van der Waals surface area (Å²) in [6, 6.07) is 5.53. The SMILES string of the molecule is COc1ccc(/C=C2\SC(N3CCN(C)CC3)=NC2=O)c(OC)c1. The summed E-state index contributed by atoms with van der Waals surface area (Å²) in [5, 5.41) is 0.798. The maximum Gasteiger partial charge on any atom is 0.286 e. The normalized spacial score (nSPS) is 20.5. The average molecular weight is 347 g/mol. The summed E-state index contributed by atoms with van der Waals surface area (Å²) in [5.74, 6) is 1.20. The molecule has 1 aromatic rings. The molecule has 24 heavy (non-hydrogen) atoms. The van der Waals surface area contributed by atoms with Crippen LogP contribution in [0.4, 0.5) is 0 Å². The van der Waals surface area contributed by atoms with Crippen LogP contribution in [-0.4, -0.2) is 68.3 Å². The number of piperazine rings is 1. The molecule has 7 heteroatoms. The third kappa shape index (κ3) is 3.57. The average Bonchev–Trinajstić information content (AvgIpc) is 2.96. The molecule has 6 nitrogen and oxygen atoms in total. The molecular weight excluding hydrogens is 326 g/mol. The summed E-state index contributed by atoms with van der Waals surface area (Å²) in [5.41, 5.74) is 0.837. The zero-order valence-electron chi connectivity index (χ0n) is 14.1. The first-order chi connectivity index (χ1) is 11.6. The first-order valence-corrected chi connectivity index (χ1v) is 8.60. The van der Waals surface area contributed by atoms with Crippen LogP contribution in [0.1, 0.15) is 5.56 Å². The van der Waals surface area contributed by atoms with Crippen LogP contribution in [0.3, 0.4) is 0 Å². The second-order valence-corrected chi connectivity index (χ2v) is 6.72. The largest absolute Gasteiger partial charge is 0.497 e. The molecule has 1 aromatic carbocycles. The maximum absolute atomic E-state index is 12.2. The van der Waals surface area contributed by atoms with Crippen molar-refractivity contribution in [3.05, 3.63) is 28.7 Å². The number of carbonyl (C=O) groups excluding carboxylic acids is 1. The Morgan fingerprint density at radius 1 is 1.17 bits per heavy atom. The smallest absolute Gasteiger partial charge is 0.286 e. The van der Waals surface area contributed by atoms with E-state index in [1.807, 2.05) is 18.2 Å². The number of benzene rings is 1. The minimum Gasteiger partial charge on any atom is -0.497 e. The van der Waals surface area contributed by atoms with Crippen LogP contribution in [0.2, 0.25) is 0 Å². The van der Waals surface area contributed by atoms with Crippen molar-refractivity contribution < 1.29 is 14.3 Å². The molecular formula is C17H21N3O3S. The fourth-order valence-electron chi connectivity index (χ4n) is 2.61. The molecule has 0 atom stereocenters. The Balaban J connectivity index is 1.77. The third-order valence-electron chi connectivity index (χ3n) is 4.11. The minimum absolute atomic E-state index is 0.188. The summed E-state index contributed by atoms with van der Waals surface area (Å²) in [7, 11) is 5.32. The number of aliphatic imine (C=N–C) groups is 1. The van der Waals surface area contributed by atoms with Gasteiger partial charge in [0.15, 0.2) is 5.17 Å². The summed E-state index contributed by atoms with van der Waals surface area (Å²) >= 11 is 1.43. The lowest BCUT2D eigenvalue weighted by molar-refractivity contribution is -0.113. The van der Waals surface area contributed by atoms with E-state index in [1.54, 1.807) is 20.3 Å². The van der Waals surface area contributed by atoms with Crippen LogP contribution in [0.25, 0.3) is 6.08 Å². The van der Waals surface area contributed by atoms with Gasteiger partial charge < -0.3 is 19.3 Å². The molecule has 0 N–H and O–H groups in total. The van der Waals surface area contributed by atoms with Crippen LogP contribution in [-0.2, 0) is 4.79 Å². The van der Waals surface area contributed by atoms with Gasteiger partial charge in [-0.2, -0.15) is 4.99 Å². The fraction of sp³-hybridized carbons (Fsp3) is 0.412. The summed E-state index contributed by atoms with van der Waals surface area (Å²) in [6.07, 6.45) is 1.83. The molecule has 1 saturated heterocycles. The number of hydrogen-bond donors (Lipinski definition) is 0. The Morgan fingerprint density at radius 2 is 1.92 bits per heavy atom. The van der Waals surface area contributed by atoms with Crippen molar-refractivity contribution in [3.8, 4) is 11.5 Å². The number of ether oxygens (including phenoxy) is 2. The highest BCUT2D eigenvalue weighted by Gasteiger charge is 2.28. The predicted molar refractivity (Wildman–Crippen MR) is 96.6 cm³/mol. The van der Waals surface area contributed by atoms with E-state index in [0.717, 1.165) is 36.9 Å². The molecule has 0 aromatic heterocycles. The van der Waals surface area contributed by atoms with E-state index in [1.165, 1.54) is 11.8 Å². The number of nitrogens with zero attached hydrogens (tertiary/aromatic N) is 3. The Bertz CT molecular complexity index is 694. The van der Waals surface area contributed by atoms with Crippen LogP contribution in [0.15, 0.2) is 28.1 Å². The number of likely N-dealkylation sites (N-methyl/N-ethyl adjacent to an activating group) is 1. The number of amidine groups is 1. The molecule has 2 aliphatic rings. The third-order valence-corrected chi connectivity index (χ3v) is 5.15. The standard InChI is InChI=1S/C17H21N3O3S/c1-19-6-8-20(9-7-19)17-18-16(21)15(24-17)10-12-4-5-13(22-2)11-14(12)23-3/h4-5,10-11H,6-9H2,1-3H3/b15-10-. The van der Waals surface area contributed by atoms with Gasteiger partial charge >= 0.3 is 0 Å². The van der Waals surface area contributed by atoms with E-state index in [-0.39, 0.29) is 5.91 Å². The topological polar surface area (TPSA) is 54.4 Å². The number of thioether (sulfide) groups is 1. The van der Waals surface area contributed by atoms with Crippen LogP contribution >= 0.6 is 11.8 Å². The summed E-state index contributed by atoms with van der Waals surface area (Å²) in [4.78, 5) is 21.5. The number of rotatable bonds is 3.